The van der Waals surface area contributed by atoms with Crippen molar-refractivity contribution in [1.29, 1.82) is 0 Å². The van der Waals surface area contributed by atoms with E-state index in [4.69, 9.17) is 4.74 Å². The Balaban J connectivity index is 1.78. The fourth-order valence-electron chi connectivity index (χ4n) is 4.17. The number of aromatic nitrogens is 2. The van der Waals surface area contributed by atoms with Crippen LogP contribution in [-0.4, -0.2) is 76.0 Å². The monoisotopic (exact) mass is 440 g/mol. The first-order chi connectivity index (χ1) is 15.4. The minimum absolute atomic E-state index is 0.154. The van der Waals surface area contributed by atoms with Crippen LogP contribution in [0.15, 0.2) is 36.0 Å². The minimum atomic E-state index is -1.04. The average molecular weight is 440 g/mol. The molecule has 2 fully saturated rings. The molecule has 0 radical (unpaired) electrons. The molecular weight excluding hydrogens is 415 g/mol. The number of aryl methyl sites for hydroxylation is 2. The highest BCUT2D eigenvalue weighted by atomic mass is 19.1. The fourth-order valence-corrected chi connectivity index (χ4v) is 4.17. The highest BCUT2D eigenvalue weighted by molar-refractivity contribution is 6.46. The SMILES string of the molecule is Cc1ncc(/C(O)=C2\C(=O)C(=O)N(CCN3CCOCC3)C2c2ccccc2F)c(C)n1. The Morgan fingerprint density at radius 2 is 1.91 bits per heavy atom. The summed E-state index contributed by atoms with van der Waals surface area (Å²) in [7, 11) is 0. The second-order valence-corrected chi connectivity index (χ2v) is 7.88. The van der Waals surface area contributed by atoms with Crippen molar-refractivity contribution in [3.05, 3.63) is 64.5 Å². The Morgan fingerprint density at radius 1 is 1.19 bits per heavy atom. The molecule has 1 atom stereocenters. The van der Waals surface area contributed by atoms with Gasteiger partial charge >= 0.3 is 0 Å². The van der Waals surface area contributed by atoms with Gasteiger partial charge in [0, 0.05) is 37.9 Å². The summed E-state index contributed by atoms with van der Waals surface area (Å²) in [6.45, 7) is 6.74. The van der Waals surface area contributed by atoms with Crippen molar-refractivity contribution in [1.82, 2.24) is 19.8 Å². The standard InChI is InChI=1S/C23H25FN4O4/c1-14-17(13-25-15(2)26-14)21(29)19-20(16-5-3-4-6-18(16)24)28(23(31)22(19)30)8-7-27-9-11-32-12-10-27/h3-6,13,20,29H,7-12H2,1-2H3/b21-19+. The molecule has 1 N–H and O–H groups in total. The second kappa shape index (κ2) is 9.13. The first-order valence-corrected chi connectivity index (χ1v) is 10.5. The Labute approximate surface area is 185 Å². The quantitative estimate of drug-likeness (QED) is 0.432. The molecule has 2 saturated heterocycles. The number of carbonyl (C=O) groups excluding carboxylic acids is 2. The van der Waals surface area contributed by atoms with Gasteiger partial charge in [-0.15, -0.1) is 0 Å². The van der Waals surface area contributed by atoms with Crippen molar-refractivity contribution in [2.75, 3.05) is 39.4 Å². The van der Waals surface area contributed by atoms with E-state index in [1.807, 2.05) is 0 Å². The molecule has 1 aromatic heterocycles. The number of likely N-dealkylation sites (tertiary alicyclic amines) is 1. The molecular formula is C23H25FN4O4. The Hall–Kier alpha value is -3.17. The number of hydrogen-bond donors (Lipinski definition) is 1. The minimum Gasteiger partial charge on any atom is -0.507 e. The number of aliphatic hydroxyl groups excluding tert-OH is 1. The average Bonchev–Trinajstić information content (AvgIpc) is 3.03. The van der Waals surface area contributed by atoms with Crippen LogP contribution in [0.4, 0.5) is 4.39 Å². The number of aliphatic hydroxyl groups is 1. The van der Waals surface area contributed by atoms with Gasteiger partial charge in [0.05, 0.1) is 36.1 Å². The molecule has 0 spiro atoms. The van der Waals surface area contributed by atoms with Crippen molar-refractivity contribution < 1.29 is 23.8 Å². The predicted molar refractivity (Wildman–Crippen MR) is 114 cm³/mol. The van der Waals surface area contributed by atoms with Gasteiger partial charge in [-0.3, -0.25) is 14.5 Å². The van der Waals surface area contributed by atoms with Gasteiger partial charge in [-0.2, -0.15) is 0 Å². The number of rotatable bonds is 5. The van der Waals surface area contributed by atoms with E-state index in [0.29, 0.717) is 44.4 Å². The van der Waals surface area contributed by atoms with Gasteiger partial charge in [-0.25, -0.2) is 14.4 Å². The van der Waals surface area contributed by atoms with Gasteiger partial charge in [0.25, 0.3) is 11.7 Å². The maximum Gasteiger partial charge on any atom is 0.295 e. The van der Waals surface area contributed by atoms with Crippen LogP contribution < -0.4 is 0 Å². The van der Waals surface area contributed by atoms with E-state index in [1.165, 1.54) is 29.3 Å². The van der Waals surface area contributed by atoms with E-state index in [1.54, 1.807) is 19.9 Å². The van der Waals surface area contributed by atoms with E-state index in [9.17, 15) is 19.1 Å². The predicted octanol–water partition coefficient (Wildman–Crippen LogP) is 1.99. The lowest BCUT2D eigenvalue weighted by atomic mass is 9.95. The molecule has 9 heteroatoms. The van der Waals surface area contributed by atoms with Crippen molar-refractivity contribution in [3.63, 3.8) is 0 Å². The summed E-state index contributed by atoms with van der Waals surface area (Å²) in [5, 5.41) is 11.1. The molecule has 0 bridgehead atoms. The summed E-state index contributed by atoms with van der Waals surface area (Å²) in [6.07, 6.45) is 1.41. The van der Waals surface area contributed by atoms with Gasteiger partial charge in [0.1, 0.15) is 17.4 Å². The molecule has 1 unspecified atom stereocenters. The number of Topliss-reactive ketones (excluding diaryl/α,β-unsaturated/α-hetero) is 1. The number of nitrogens with zero attached hydrogens (tertiary/aromatic N) is 4. The number of halogens is 1. The van der Waals surface area contributed by atoms with Crippen molar-refractivity contribution in [2.45, 2.75) is 19.9 Å². The molecule has 32 heavy (non-hydrogen) atoms. The van der Waals surface area contributed by atoms with E-state index >= 15 is 0 Å². The van der Waals surface area contributed by atoms with Crippen LogP contribution in [0.1, 0.15) is 28.7 Å². The van der Waals surface area contributed by atoms with Crippen LogP contribution in [0.5, 0.6) is 0 Å². The van der Waals surface area contributed by atoms with E-state index in [0.717, 1.165) is 0 Å². The molecule has 0 aliphatic carbocycles. The number of hydrogen-bond acceptors (Lipinski definition) is 7. The van der Waals surface area contributed by atoms with E-state index < -0.39 is 29.3 Å². The van der Waals surface area contributed by atoms with Crippen LogP contribution in [-0.2, 0) is 14.3 Å². The fraction of sp³-hybridized carbons (Fsp3) is 0.391. The number of benzene rings is 1. The first kappa shape index (κ1) is 22.0. The topological polar surface area (TPSA) is 95.9 Å². The Morgan fingerprint density at radius 3 is 2.59 bits per heavy atom. The summed E-state index contributed by atoms with van der Waals surface area (Å²) >= 11 is 0. The Kier molecular flexibility index (Phi) is 6.29. The summed E-state index contributed by atoms with van der Waals surface area (Å²) in [5.41, 5.74) is 0.698. The maximum atomic E-state index is 14.8. The molecule has 1 amide bonds. The number of ether oxygens (including phenoxy) is 1. The number of amides is 1. The second-order valence-electron chi connectivity index (χ2n) is 7.88. The zero-order chi connectivity index (χ0) is 22.8. The third-order valence-corrected chi connectivity index (χ3v) is 5.86. The van der Waals surface area contributed by atoms with Crippen molar-refractivity contribution >= 4 is 17.4 Å². The van der Waals surface area contributed by atoms with Crippen LogP contribution >= 0.6 is 0 Å². The van der Waals surface area contributed by atoms with Crippen molar-refractivity contribution in [3.8, 4) is 0 Å². The molecule has 168 valence electrons. The maximum absolute atomic E-state index is 14.8. The zero-order valence-electron chi connectivity index (χ0n) is 18.0. The number of carbonyl (C=O) groups is 2. The molecule has 8 nitrogen and oxygen atoms in total. The van der Waals surface area contributed by atoms with Crippen LogP contribution in [0, 0.1) is 19.7 Å². The van der Waals surface area contributed by atoms with Crippen LogP contribution in [0.3, 0.4) is 0 Å². The number of ketones is 1. The molecule has 2 aliphatic heterocycles. The molecule has 2 aliphatic rings. The highest BCUT2D eigenvalue weighted by Gasteiger charge is 2.47. The summed E-state index contributed by atoms with van der Waals surface area (Å²) in [6, 6.07) is 4.94. The van der Waals surface area contributed by atoms with Gasteiger partial charge < -0.3 is 14.7 Å². The van der Waals surface area contributed by atoms with E-state index in [-0.39, 0.29) is 23.2 Å². The Bertz CT molecular complexity index is 1080. The third kappa shape index (κ3) is 4.13. The van der Waals surface area contributed by atoms with Crippen molar-refractivity contribution in [2.24, 2.45) is 0 Å². The lowest BCUT2D eigenvalue weighted by molar-refractivity contribution is -0.140. The molecule has 4 rings (SSSR count). The summed E-state index contributed by atoms with van der Waals surface area (Å²) < 4.78 is 20.2. The summed E-state index contributed by atoms with van der Waals surface area (Å²) in [4.78, 5) is 37.8. The lowest BCUT2D eigenvalue weighted by Gasteiger charge is -2.31. The summed E-state index contributed by atoms with van der Waals surface area (Å²) in [5.74, 6) is -2.06. The first-order valence-electron chi connectivity index (χ1n) is 10.5. The van der Waals surface area contributed by atoms with Crippen LogP contribution in [0.2, 0.25) is 0 Å². The van der Waals surface area contributed by atoms with Gasteiger partial charge in [-0.1, -0.05) is 18.2 Å². The largest absolute Gasteiger partial charge is 0.507 e. The molecule has 1 aromatic carbocycles. The smallest absolute Gasteiger partial charge is 0.295 e. The normalized spacial score (nSPS) is 21.3. The number of morpholine rings is 1. The molecule has 2 aromatic rings. The lowest BCUT2D eigenvalue weighted by Crippen LogP contribution is -2.42. The van der Waals surface area contributed by atoms with Gasteiger partial charge in [0.15, 0.2) is 0 Å². The van der Waals surface area contributed by atoms with Crippen LogP contribution in [0.25, 0.3) is 5.76 Å². The van der Waals surface area contributed by atoms with Gasteiger partial charge in [-0.05, 0) is 19.9 Å². The van der Waals surface area contributed by atoms with E-state index in [2.05, 4.69) is 14.9 Å². The van der Waals surface area contributed by atoms with Gasteiger partial charge in [0.2, 0.25) is 0 Å². The third-order valence-electron chi connectivity index (χ3n) is 5.86. The molecule has 3 heterocycles. The highest BCUT2D eigenvalue weighted by Crippen LogP contribution is 2.40. The molecule has 0 saturated carbocycles. The zero-order valence-corrected chi connectivity index (χ0v) is 18.0.